The van der Waals surface area contributed by atoms with Gasteiger partial charge in [-0.25, -0.2) is 12.8 Å². The molecule has 5 rings (SSSR count). The quantitative estimate of drug-likeness (QED) is 0.391. The number of carbonyl (C=O) groups is 1. The van der Waals surface area contributed by atoms with Gasteiger partial charge in [0.1, 0.15) is 11.6 Å². The summed E-state index contributed by atoms with van der Waals surface area (Å²) < 4.78 is 86.2. The van der Waals surface area contributed by atoms with E-state index in [9.17, 15) is 31.5 Å². The van der Waals surface area contributed by atoms with Gasteiger partial charge in [0.2, 0.25) is 10.0 Å². The van der Waals surface area contributed by atoms with Crippen LogP contribution in [0.2, 0.25) is 0 Å². The number of fused-ring (bicyclic) bond motifs is 1. The molecule has 2 aromatic carbocycles. The highest BCUT2D eigenvalue weighted by molar-refractivity contribution is 7.89. The van der Waals surface area contributed by atoms with Gasteiger partial charge < -0.3 is 9.84 Å². The molecule has 1 N–H and O–H groups in total. The Hall–Kier alpha value is -3.19. The molecule has 0 unspecified atom stereocenters. The third-order valence-corrected chi connectivity index (χ3v) is 9.41. The number of hydrogen-bond donors (Lipinski definition) is 1. The minimum absolute atomic E-state index is 0.0196. The Morgan fingerprint density at radius 2 is 1.77 bits per heavy atom. The van der Waals surface area contributed by atoms with Crippen molar-refractivity contribution in [3.63, 3.8) is 0 Å². The number of aliphatic carboxylic acids is 1. The van der Waals surface area contributed by atoms with Gasteiger partial charge in [0, 0.05) is 24.0 Å². The van der Waals surface area contributed by atoms with Crippen LogP contribution < -0.4 is 4.74 Å². The second kappa shape index (κ2) is 10.1. The van der Waals surface area contributed by atoms with Crippen LogP contribution in [0.5, 0.6) is 5.75 Å². The summed E-state index contributed by atoms with van der Waals surface area (Å²) in [6.45, 7) is 1.91. The summed E-state index contributed by atoms with van der Waals surface area (Å²) >= 11 is 0. The SMILES string of the molecule is C[C@@H]1CN(S(=O)(=O)c2ccc(OC(F)(F)F)cc2)C[C@@H]1n1nc(CC(=O)O)c2ccc(F)c(C3CCCC3)c21. The van der Waals surface area contributed by atoms with E-state index >= 15 is 4.39 Å². The van der Waals surface area contributed by atoms with E-state index in [0.29, 0.717) is 16.5 Å². The molecule has 210 valence electrons. The molecule has 1 aromatic heterocycles. The Morgan fingerprint density at radius 1 is 1.10 bits per heavy atom. The van der Waals surface area contributed by atoms with Gasteiger partial charge in [-0.15, -0.1) is 13.2 Å². The van der Waals surface area contributed by atoms with E-state index in [1.807, 2.05) is 6.92 Å². The van der Waals surface area contributed by atoms with Gasteiger partial charge in [0.25, 0.3) is 0 Å². The number of alkyl halides is 3. The van der Waals surface area contributed by atoms with Crippen molar-refractivity contribution < 1.29 is 40.6 Å². The number of sulfonamides is 1. The van der Waals surface area contributed by atoms with Crippen LogP contribution in [-0.2, 0) is 21.2 Å². The lowest BCUT2D eigenvalue weighted by molar-refractivity contribution is -0.274. The average Bonchev–Trinajstić information content (AvgIpc) is 3.58. The first-order valence-corrected chi connectivity index (χ1v) is 14.1. The van der Waals surface area contributed by atoms with Gasteiger partial charge in [-0.3, -0.25) is 9.48 Å². The van der Waals surface area contributed by atoms with Gasteiger partial charge >= 0.3 is 12.3 Å². The topological polar surface area (TPSA) is 102 Å². The highest BCUT2D eigenvalue weighted by Crippen LogP contribution is 2.42. The number of benzene rings is 2. The maximum atomic E-state index is 15.3. The Balaban J connectivity index is 1.51. The summed E-state index contributed by atoms with van der Waals surface area (Å²) in [5.74, 6) is -2.34. The van der Waals surface area contributed by atoms with Crippen molar-refractivity contribution in [2.75, 3.05) is 13.1 Å². The fourth-order valence-electron chi connectivity index (χ4n) is 5.80. The second-order valence-electron chi connectivity index (χ2n) is 10.2. The minimum atomic E-state index is -4.90. The zero-order chi connectivity index (χ0) is 28.1. The first kappa shape index (κ1) is 27.4. The smallest absolute Gasteiger partial charge is 0.481 e. The number of halogens is 4. The van der Waals surface area contributed by atoms with E-state index in [1.165, 1.54) is 16.4 Å². The molecule has 0 radical (unpaired) electrons. The van der Waals surface area contributed by atoms with Crippen molar-refractivity contribution in [2.24, 2.45) is 5.92 Å². The normalized spacial score (nSPS) is 21.2. The highest BCUT2D eigenvalue weighted by Gasteiger charge is 2.40. The highest BCUT2D eigenvalue weighted by atomic mass is 32.2. The van der Waals surface area contributed by atoms with E-state index in [2.05, 4.69) is 9.84 Å². The van der Waals surface area contributed by atoms with Crippen molar-refractivity contribution in [3.8, 4) is 5.75 Å². The number of nitrogens with zero attached hydrogens (tertiary/aromatic N) is 3. The number of carboxylic acid groups (broad SMARTS) is 1. The zero-order valence-electron chi connectivity index (χ0n) is 21.0. The molecule has 1 aliphatic carbocycles. The lowest BCUT2D eigenvalue weighted by atomic mass is 9.93. The molecular weight excluding hydrogens is 542 g/mol. The first-order chi connectivity index (χ1) is 18.3. The van der Waals surface area contributed by atoms with Crippen LogP contribution in [0.3, 0.4) is 0 Å². The summed E-state index contributed by atoms with van der Waals surface area (Å²) in [6.07, 6.45) is -1.77. The molecule has 3 aromatic rings. The standard InChI is InChI=1S/C26H27F4N3O5S/c1-15-13-32(39(36,37)18-8-6-17(7-9-18)38-26(28,29)30)14-22(15)33-25-19(21(31-33)12-23(34)35)10-11-20(27)24(25)16-4-2-3-5-16/h6-11,15-16,22H,2-5,12-14H2,1H3,(H,34,35)/t15-,22+/m1/s1. The molecule has 1 aliphatic heterocycles. The number of ether oxygens (including phenoxy) is 1. The van der Waals surface area contributed by atoms with Crippen molar-refractivity contribution in [1.82, 2.24) is 14.1 Å². The Labute approximate surface area is 222 Å². The largest absolute Gasteiger partial charge is 0.573 e. The van der Waals surface area contributed by atoms with Gasteiger partial charge in [-0.1, -0.05) is 19.8 Å². The van der Waals surface area contributed by atoms with Gasteiger partial charge in [-0.05, 0) is 61.1 Å². The molecule has 1 saturated heterocycles. The van der Waals surface area contributed by atoms with Crippen LogP contribution in [0, 0.1) is 11.7 Å². The van der Waals surface area contributed by atoms with E-state index in [4.69, 9.17) is 0 Å². The van der Waals surface area contributed by atoms with E-state index in [1.54, 1.807) is 4.68 Å². The maximum absolute atomic E-state index is 15.3. The number of hydrogen-bond acceptors (Lipinski definition) is 5. The molecule has 8 nitrogen and oxygen atoms in total. The average molecular weight is 570 g/mol. The van der Waals surface area contributed by atoms with Crippen LogP contribution in [0.25, 0.3) is 10.9 Å². The lowest BCUT2D eigenvalue weighted by Gasteiger charge is -2.20. The van der Waals surface area contributed by atoms with Gasteiger partial charge in [0.05, 0.1) is 28.6 Å². The number of rotatable bonds is 7. The molecule has 0 amide bonds. The van der Waals surface area contributed by atoms with Crippen LogP contribution in [0.15, 0.2) is 41.3 Å². The summed E-state index contributed by atoms with van der Waals surface area (Å²) in [5.41, 5.74) is 1.27. The fourth-order valence-corrected chi connectivity index (χ4v) is 7.36. The van der Waals surface area contributed by atoms with E-state index < -0.39 is 40.0 Å². The van der Waals surface area contributed by atoms with Crippen molar-refractivity contribution in [1.29, 1.82) is 0 Å². The van der Waals surface area contributed by atoms with Crippen molar-refractivity contribution >= 4 is 26.9 Å². The van der Waals surface area contributed by atoms with E-state index in [0.717, 1.165) is 49.9 Å². The predicted molar refractivity (Wildman–Crippen MR) is 132 cm³/mol. The lowest BCUT2D eigenvalue weighted by Crippen LogP contribution is -2.29. The zero-order valence-corrected chi connectivity index (χ0v) is 21.8. The third kappa shape index (κ3) is 5.33. The monoisotopic (exact) mass is 569 g/mol. The molecule has 0 bridgehead atoms. The molecule has 1 saturated carbocycles. The molecule has 2 heterocycles. The molecule has 39 heavy (non-hydrogen) atoms. The van der Waals surface area contributed by atoms with Crippen LogP contribution in [-0.4, -0.2) is 53.0 Å². The van der Waals surface area contributed by atoms with Gasteiger partial charge in [0.15, 0.2) is 0 Å². The Bertz CT molecular complexity index is 1500. The summed E-state index contributed by atoms with van der Waals surface area (Å²) in [5, 5.41) is 14.6. The minimum Gasteiger partial charge on any atom is -0.481 e. The summed E-state index contributed by atoms with van der Waals surface area (Å²) in [7, 11) is -4.09. The van der Waals surface area contributed by atoms with Crippen LogP contribution >= 0.6 is 0 Å². The molecule has 13 heteroatoms. The van der Waals surface area contributed by atoms with Crippen LogP contribution in [0.4, 0.5) is 17.6 Å². The van der Waals surface area contributed by atoms with Crippen molar-refractivity contribution in [2.45, 2.75) is 62.2 Å². The summed E-state index contributed by atoms with van der Waals surface area (Å²) in [4.78, 5) is 11.4. The molecule has 2 fully saturated rings. The Kier molecular flexibility index (Phi) is 7.08. The van der Waals surface area contributed by atoms with Crippen molar-refractivity contribution in [3.05, 3.63) is 53.5 Å². The fraction of sp³-hybridized carbons (Fsp3) is 0.462. The van der Waals surface area contributed by atoms with Gasteiger partial charge in [-0.2, -0.15) is 9.40 Å². The molecule has 0 spiro atoms. The molecular formula is C26H27F4N3O5S. The molecule has 2 atom stereocenters. The first-order valence-electron chi connectivity index (χ1n) is 12.6. The third-order valence-electron chi connectivity index (χ3n) is 7.56. The maximum Gasteiger partial charge on any atom is 0.573 e. The Morgan fingerprint density at radius 3 is 2.38 bits per heavy atom. The number of carboxylic acids is 1. The van der Waals surface area contributed by atoms with E-state index in [-0.39, 0.29) is 41.9 Å². The summed E-state index contributed by atoms with van der Waals surface area (Å²) in [6, 6.07) is 6.34. The molecule has 2 aliphatic rings. The second-order valence-corrected chi connectivity index (χ2v) is 12.1. The predicted octanol–water partition coefficient (Wildman–Crippen LogP) is 5.24. The number of aromatic nitrogens is 2. The van der Waals surface area contributed by atoms with Crippen LogP contribution in [0.1, 0.15) is 55.8 Å².